The number of nitriles is 1. The molecular weight excluding hydrogens is 212 g/mol. The van der Waals surface area contributed by atoms with Crippen LogP contribution in [0, 0.1) is 29.1 Å². The van der Waals surface area contributed by atoms with Gasteiger partial charge in [-0.05, 0) is 43.4 Å². The first-order valence-electron chi connectivity index (χ1n) is 6.33. The summed E-state index contributed by atoms with van der Waals surface area (Å²) in [7, 11) is 0. The van der Waals surface area contributed by atoms with Crippen LogP contribution in [0.25, 0.3) is 0 Å². The molecule has 0 aliphatic heterocycles. The summed E-state index contributed by atoms with van der Waals surface area (Å²) >= 11 is 0. The maximum Gasteiger partial charge on any atom is 0.158 e. The van der Waals surface area contributed by atoms with E-state index in [0.717, 1.165) is 30.1 Å². The van der Waals surface area contributed by atoms with Gasteiger partial charge in [0.2, 0.25) is 0 Å². The number of hydrogen-bond donors (Lipinski definition) is 1. The molecule has 0 atom stereocenters. The second-order valence-corrected chi connectivity index (χ2v) is 5.12. The van der Waals surface area contributed by atoms with Crippen molar-refractivity contribution in [3.05, 3.63) is 18.1 Å². The minimum Gasteiger partial charge on any atom is -0.368 e. The van der Waals surface area contributed by atoms with Gasteiger partial charge in [0.1, 0.15) is 11.9 Å². The minimum absolute atomic E-state index is 0.372. The van der Waals surface area contributed by atoms with Crippen molar-refractivity contribution in [2.75, 3.05) is 11.9 Å². The molecule has 2 fully saturated rings. The molecule has 4 heteroatoms. The maximum absolute atomic E-state index is 8.64. The summed E-state index contributed by atoms with van der Waals surface area (Å²) in [5.41, 5.74) is 0.372. The predicted molar refractivity (Wildman–Crippen MR) is 64.2 cm³/mol. The monoisotopic (exact) mass is 228 g/mol. The summed E-state index contributed by atoms with van der Waals surface area (Å²) in [5, 5.41) is 12.0. The van der Waals surface area contributed by atoms with Crippen molar-refractivity contribution in [3.8, 4) is 6.07 Å². The largest absolute Gasteiger partial charge is 0.368 e. The third-order valence-electron chi connectivity index (χ3n) is 3.74. The fourth-order valence-corrected chi connectivity index (χ4v) is 2.47. The lowest BCUT2D eigenvalue weighted by atomic mass is 9.98. The molecule has 17 heavy (non-hydrogen) atoms. The van der Waals surface area contributed by atoms with Crippen molar-refractivity contribution < 1.29 is 0 Å². The average molecular weight is 228 g/mol. The number of aromatic nitrogens is 2. The lowest BCUT2D eigenvalue weighted by molar-refractivity contribution is 0.427. The van der Waals surface area contributed by atoms with Crippen LogP contribution in [0.3, 0.4) is 0 Å². The number of rotatable bonds is 5. The SMILES string of the molecule is N#Cc1cnc(NCC(C2CC2)C2CC2)cn1. The number of anilines is 1. The molecule has 1 heterocycles. The molecule has 1 N–H and O–H groups in total. The Labute approximate surface area is 101 Å². The summed E-state index contributed by atoms with van der Waals surface area (Å²) in [6.07, 6.45) is 8.79. The van der Waals surface area contributed by atoms with Gasteiger partial charge >= 0.3 is 0 Å². The molecule has 0 bridgehead atoms. The Bertz CT molecular complexity index is 414. The van der Waals surface area contributed by atoms with E-state index in [0.29, 0.717) is 5.69 Å². The van der Waals surface area contributed by atoms with Crippen LogP contribution in [0.4, 0.5) is 5.82 Å². The minimum atomic E-state index is 0.372. The van der Waals surface area contributed by atoms with Crippen LogP contribution in [0.15, 0.2) is 12.4 Å². The van der Waals surface area contributed by atoms with Crippen molar-refractivity contribution >= 4 is 5.82 Å². The van der Waals surface area contributed by atoms with E-state index in [-0.39, 0.29) is 0 Å². The predicted octanol–water partition coefficient (Wildman–Crippen LogP) is 2.20. The second kappa shape index (κ2) is 4.33. The molecule has 3 rings (SSSR count). The summed E-state index contributed by atoms with van der Waals surface area (Å²) in [6.45, 7) is 1.01. The van der Waals surface area contributed by atoms with E-state index in [2.05, 4.69) is 15.3 Å². The Kier molecular flexibility index (Phi) is 2.68. The molecule has 0 aromatic carbocycles. The zero-order valence-electron chi connectivity index (χ0n) is 9.76. The Morgan fingerprint density at radius 2 is 1.94 bits per heavy atom. The van der Waals surface area contributed by atoms with Crippen LogP contribution in [0.5, 0.6) is 0 Å². The normalized spacial score (nSPS) is 19.1. The number of nitrogens with one attached hydrogen (secondary N) is 1. The van der Waals surface area contributed by atoms with Gasteiger partial charge in [0, 0.05) is 6.54 Å². The quantitative estimate of drug-likeness (QED) is 0.839. The highest BCUT2D eigenvalue weighted by Gasteiger charge is 2.40. The third-order valence-corrected chi connectivity index (χ3v) is 3.74. The Balaban J connectivity index is 1.56. The molecule has 0 spiro atoms. The maximum atomic E-state index is 8.64. The van der Waals surface area contributed by atoms with Crippen molar-refractivity contribution in [2.45, 2.75) is 25.7 Å². The van der Waals surface area contributed by atoms with Crippen molar-refractivity contribution in [1.82, 2.24) is 9.97 Å². The standard InChI is InChI=1S/C13H16N4/c14-5-11-6-16-13(8-15-11)17-7-12(9-1-2-9)10-3-4-10/h6,8-10,12H,1-4,7H2,(H,16,17). The van der Waals surface area contributed by atoms with Crippen molar-refractivity contribution in [3.63, 3.8) is 0 Å². The molecule has 88 valence electrons. The smallest absolute Gasteiger partial charge is 0.158 e. The highest BCUT2D eigenvalue weighted by molar-refractivity contribution is 5.33. The second-order valence-electron chi connectivity index (χ2n) is 5.12. The fraction of sp³-hybridized carbons (Fsp3) is 0.615. The highest BCUT2D eigenvalue weighted by Crippen LogP contribution is 2.49. The van der Waals surface area contributed by atoms with E-state index in [1.165, 1.54) is 31.9 Å². The summed E-state index contributed by atoms with van der Waals surface area (Å²) in [4.78, 5) is 8.19. The first-order chi connectivity index (χ1) is 8.36. The van der Waals surface area contributed by atoms with Gasteiger partial charge in [-0.3, -0.25) is 0 Å². The zero-order chi connectivity index (χ0) is 11.7. The zero-order valence-corrected chi connectivity index (χ0v) is 9.76. The van der Waals surface area contributed by atoms with Crippen molar-refractivity contribution in [2.24, 2.45) is 17.8 Å². The molecule has 1 aromatic heterocycles. The molecule has 1 aromatic rings. The average Bonchev–Trinajstić information content (AvgIpc) is 3.24. The van der Waals surface area contributed by atoms with E-state index < -0.39 is 0 Å². The Hall–Kier alpha value is -1.63. The van der Waals surface area contributed by atoms with Gasteiger partial charge in [-0.25, -0.2) is 9.97 Å². The lowest BCUT2D eigenvalue weighted by Crippen LogP contribution is -2.18. The van der Waals surface area contributed by atoms with Crippen LogP contribution in [0.2, 0.25) is 0 Å². The molecular formula is C13H16N4. The van der Waals surface area contributed by atoms with Crippen LogP contribution >= 0.6 is 0 Å². The molecule has 2 saturated carbocycles. The first kappa shape index (κ1) is 10.5. The van der Waals surface area contributed by atoms with Gasteiger partial charge in [0.15, 0.2) is 5.69 Å². The van der Waals surface area contributed by atoms with Crippen LogP contribution < -0.4 is 5.32 Å². The first-order valence-corrected chi connectivity index (χ1v) is 6.33. The topological polar surface area (TPSA) is 61.6 Å². The number of nitrogens with zero attached hydrogens (tertiary/aromatic N) is 3. The summed E-state index contributed by atoms with van der Waals surface area (Å²) in [5.74, 6) is 3.51. The van der Waals surface area contributed by atoms with Crippen LogP contribution in [0.1, 0.15) is 31.4 Å². The van der Waals surface area contributed by atoms with E-state index in [1.807, 2.05) is 6.07 Å². The van der Waals surface area contributed by atoms with Gasteiger partial charge in [-0.15, -0.1) is 0 Å². The van der Waals surface area contributed by atoms with Gasteiger partial charge < -0.3 is 5.32 Å². The van der Waals surface area contributed by atoms with Gasteiger partial charge in [0.25, 0.3) is 0 Å². The molecule has 2 aliphatic carbocycles. The van der Waals surface area contributed by atoms with Gasteiger partial charge in [0.05, 0.1) is 12.4 Å². The summed E-state index contributed by atoms with van der Waals surface area (Å²) in [6, 6.07) is 1.97. The van der Waals surface area contributed by atoms with Gasteiger partial charge in [-0.2, -0.15) is 5.26 Å². The molecule has 0 unspecified atom stereocenters. The Morgan fingerprint density at radius 3 is 2.41 bits per heavy atom. The van der Waals surface area contributed by atoms with E-state index in [9.17, 15) is 0 Å². The molecule has 0 saturated heterocycles. The van der Waals surface area contributed by atoms with E-state index in [1.54, 1.807) is 6.20 Å². The highest BCUT2D eigenvalue weighted by atomic mass is 15.0. The Morgan fingerprint density at radius 1 is 1.24 bits per heavy atom. The number of hydrogen-bond acceptors (Lipinski definition) is 4. The van der Waals surface area contributed by atoms with E-state index >= 15 is 0 Å². The summed E-state index contributed by atoms with van der Waals surface area (Å²) < 4.78 is 0. The van der Waals surface area contributed by atoms with Crippen LogP contribution in [-0.2, 0) is 0 Å². The van der Waals surface area contributed by atoms with E-state index in [4.69, 9.17) is 5.26 Å². The molecule has 4 nitrogen and oxygen atoms in total. The third kappa shape index (κ3) is 2.55. The molecule has 2 aliphatic rings. The fourth-order valence-electron chi connectivity index (χ4n) is 2.47. The van der Waals surface area contributed by atoms with Gasteiger partial charge in [-0.1, -0.05) is 0 Å². The molecule has 0 amide bonds. The van der Waals surface area contributed by atoms with Crippen LogP contribution in [-0.4, -0.2) is 16.5 Å². The van der Waals surface area contributed by atoms with Crippen molar-refractivity contribution in [1.29, 1.82) is 5.26 Å². The molecule has 0 radical (unpaired) electrons. The lowest BCUT2D eigenvalue weighted by Gasteiger charge is -2.16.